The zero-order valence-electron chi connectivity index (χ0n) is 20.5. The lowest BCUT2D eigenvalue weighted by Crippen LogP contribution is -2.29. The van der Waals surface area contributed by atoms with Crippen molar-refractivity contribution in [2.75, 3.05) is 0 Å². The van der Waals surface area contributed by atoms with Crippen LogP contribution in [0.15, 0.2) is 54.7 Å². The summed E-state index contributed by atoms with van der Waals surface area (Å²) in [5.41, 5.74) is 5.48. The monoisotopic (exact) mass is 485 g/mol. The molecule has 0 radical (unpaired) electrons. The molecule has 3 heterocycles. The van der Waals surface area contributed by atoms with Gasteiger partial charge in [-0.1, -0.05) is 62.4 Å². The summed E-state index contributed by atoms with van der Waals surface area (Å²) < 4.78 is 46.9. The van der Waals surface area contributed by atoms with E-state index in [1.165, 1.54) is 49.1 Å². The minimum atomic E-state index is -4.42. The molecule has 1 aliphatic rings. The fourth-order valence-corrected chi connectivity index (χ4v) is 6.98. The normalized spacial score (nSPS) is 15.9. The van der Waals surface area contributed by atoms with E-state index in [1.54, 1.807) is 12.1 Å². The van der Waals surface area contributed by atoms with E-state index in [9.17, 15) is 13.2 Å². The largest absolute Gasteiger partial charge is 0.417 e. The van der Waals surface area contributed by atoms with Gasteiger partial charge in [-0.3, -0.25) is 0 Å². The van der Waals surface area contributed by atoms with Crippen molar-refractivity contribution in [2.24, 2.45) is 13.0 Å². The summed E-state index contributed by atoms with van der Waals surface area (Å²) in [6, 6.07) is 15.4. The Balaban J connectivity index is 1.71. The Morgan fingerprint density at radius 1 is 0.889 bits per heavy atom. The number of hydrogen-bond donors (Lipinski definition) is 0. The van der Waals surface area contributed by atoms with E-state index >= 15 is 0 Å². The third kappa shape index (κ3) is 2.95. The van der Waals surface area contributed by atoms with Crippen LogP contribution < -0.4 is 4.57 Å². The van der Waals surface area contributed by atoms with Crippen LogP contribution in [-0.4, -0.2) is 4.40 Å². The molecule has 0 bridgehead atoms. The Kier molecular flexibility index (Phi) is 4.61. The number of aromatic nitrogens is 2. The number of rotatable bonds is 2. The van der Waals surface area contributed by atoms with E-state index in [-0.39, 0.29) is 5.39 Å². The van der Waals surface area contributed by atoms with Gasteiger partial charge in [0.15, 0.2) is 6.20 Å². The van der Waals surface area contributed by atoms with Gasteiger partial charge < -0.3 is 4.40 Å². The van der Waals surface area contributed by atoms with Crippen LogP contribution in [0.5, 0.6) is 0 Å². The van der Waals surface area contributed by atoms with Gasteiger partial charge in [0.2, 0.25) is 5.52 Å². The number of aryl methyl sites for hydroxylation is 2. The standard InChI is InChI=1S/C31H28F3N2/c1-18-16-24(31(32,33)34)23-12-7-13-25-27(23)26(18)30-29-22(14-15-35(30)2)21-11-6-10-20(28(21)36(25)29)17-19-8-4-3-5-9-19/h6-7,10-16,19H,3-5,8-9,17H2,1-2H3/q+1. The number of halogens is 3. The lowest BCUT2D eigenvalue weighted by molar-refractivity contribution is -0.644. The SMILES string of the molecule is Cc1cc(C(F)(F)F)c2cccc3c2c1c1c2c(cc[n+]1C)c1cccc(CC4CCCCC4)c1n32. The Morgan fingerprint density at radius 2 is 1.61 bits per heavy atom. The molecule has 0 saturated heterocycles. The van der Waals surface area contributed by atoms with Gasteiger partial charge in [0, 0.05) is 22.2 Å². The van der Waals surface area contributed by atoms with Crippen molar-refractivity contribution in [3.8, 4) is 0 Å². The van der Waals surface area contributed by atoms with Crippen molar-refractivity contribution in [3.63, 3.8) is 0 Å². The lowest BCUT2D eigenvalue weighted by atomic mass is 9.84. The van der Waals surface area contributed by atoms with Crippen molar-refractivity contribution < 1.29 is 17.7 Å². The van der Waals surface area contributed by atoms with Crippen LogP contribution in [0, 0.1) is 12.8 Å². The Bertz CT molecular complexity index is 1800. The molecular formula is C31H28F3N2+. The van der Waals surface area contributed by atoms with Crippen molar-refractivity contribution in [3.05, 3.63) is 71.4 Å². The molecule has 3 aromatic carbocycles. The van der Waals surface area contributed by atoms with Crippen LogP contribution in [0.2, 0.25) is 0 Å². The molecule has 0 aliphatic heterocycles. The molecule has 3 aromatic heterocycles. The number of nitrogens with zero attached hydrogens (tertiary/aromatic N) is 2. The molecule has 0 atom stereocenters. The van der Waals surface area contributed by atoms with Crippen molar-refractivity contribution >= 4 is 49.0 Å². The van der Waals surface area contributed by atoms with Gasteiger partial charge in [-0.25, -0.2) is 0 Å². The molecular weight excluding hydrogens is 457 g/mol. The quantitative estimate of drug-likeness (QED) is 0.133. The van der Waals surface area contributed by atoms with Crippen molar-refractivity contribution in [1.82, 2.24) is 4.40 Å². The number of pyridine rings is 2. The number of fused-ring (bicyclic) bond motifs is 5. The van der Waals surface area contributed by atoms with Gasteiger partial charge in [-0.05, 0) is 47.9 Å². The van der Waals surface area contributed by atoms with Gasteiger partial charge >= 0.3 is 6.18 Å². The Labute approximate surface area is 207 Å². The molecule has 1 aliphatic carbocycles. The summed E-state index contributed by atoms with van der Waals surface area (Å²) in [5, 5.41) is 4.22. The maximum absolute atomic E-state index is 14.2. The predicted octanol–water partition coefficient (Wildman–Crippen LogP) is 8.26. The molecule has 0 amide bonds. The van der Waals surface area contributed by atoms with E-state index in [0.717, 1.165) is 39.3 Å². The summed E-state index contributed by atoms with van der Waals surface area (Å²) in [4.78, 5) is 0. The highest BCUT2D eigenvalue weighted by molar-refractivity contribution is 6.26. The number of hydrogen-bond acceptors (Lipinski definition) is 0. The van der Waals surface area contributed by atoms with E-state index in [1.807, 2.05) is 26.2 Å². The van der Waals surface area contributed by atoms with Crippen LogP contribution in [0.4, 0.5) is 13.2 Å². The summed E-state index contributed by atoms with van der Waals surface area (Å²) in [6.07, 6.45) is 5.05. The fraction of sp³-hybridized carbons (Fsp3) is 0.323. The van der Waals surface area contributed by atoms with E-state index in [0.29, 0.717) is 16.9 Å². The molecule has 0 N–H and O–H groups in total. The first kappa shape index (κ1) is 21.9. The van der Waals surface area contributed by atoms with Crippen molar-refractivity contribution in [2.45, 2.75) is 51.6 Å². The van der Waals surface area contributed by atoms with Crippen LogP contribution >= 0.6 is 0 Å². The average Bonchev–Trinajstić information content (AvgIpc) is 3.20. The fourth-order valence-electron chi connectivity index (χ4n) is 6.98. The molecule has 2 nitrogen and oxygen atoms in total. The smallest absolute Gasteiger partial charge is 0.303 e. The first-order valence-electron chi connectivity index (χ1n) is 12.9. The first-order valence-corrected chi connectivity index (χ1v) is 12.9. The second-order valence-electron chi connectivity index (χ2n) is 10.7. The van der Waals surface area contributed by atoms with Gasteiger partial charge in [0.25, 0.3) is 0 Å². The molecule has 7 rings (SSSR count). The van der Waals surface area contributed by atoms with Crippen LogP contribution in [-0.2, 0) is 19.6 Å². The lowest BCUT2D eigenvalue weighted by Gasteiger charge is -2.22. The van der Waals surface area contributed by atoms with Gasteiger partial charge in [0.05, 0.1) is 22.0 Å². The summed E-state index contributed by atoms with van der Waals surface area (Å²) >= 11 is 0. The summed E-state index contributed by atoms with van der Waals surface area (Å²) in [7, 11) is 2.00. The minimum Gasteiger partial charge on any atom is -0.303 e. The number of para-hydroxylation sites is 1. The van der Waals surface area contributed by atoms with Crippen LogP contribution in [0.3, 0.4) is 0 Å². The molecule has 0 unspecified atom stereocenters. The molecule has 182 valence electrons. The molecule has 0 spiro atoms. The third-order valence-corrected chi connectivity index (χ3v) is 8.51. The molecule has 5 heteroatoms. The van der Waals surface area contributed by atoms with Crippen LogP contribution in [0.1, 0.15) is 48.8 Å². The van der Waals surface area contributed by atoms with E-state index < -0.39 is 11.7 Å². The minimum absolute atomic E-state index is 0.273. The number of alkyl halides is 3. The van der Waals surface area contributed by atoms with Gasteiger partial charge in [0.1, 0.15) is 12.6 Å². The second-order valence-corrected chi connectivity index (χ2v) is 10.7. The number of benzene rings is 3. The third-order valence-electron chi connectivity index (χ3n) is 8.51. The molecule has 36 heavy (non-hydrogen) atoms. The average molecular weight is 486 g/mol. The van der Waals surface area contributed by atoms with Gasteiger partial charge in [-0.2, -0.15) is 17.7 Å². The zero-order valence-corrected chi connectivity index (χ0v) is 20.5. The highest BCUT2D eigenvalue weighted by Crippen LogP contribution is 2.45. The highest BCUT2D eigenvalue weighted by Gasteiger charge is 2.35. The summed E-state index contributed by atoms with van der Waals surface area (Å²) in [5.74, 6) is 0.663. The Hall–Kier alpha value is -3.34. The highest BCUT2D eigenvalue weighted by atomic mass is 19.4. The molecule has 1 fully saturated rings. The zero-order chi connectivity index (χ0) is 24.8. The maximum Gasteiger partial charge on any atom is 0.417 e. The topological polar surface area (TPSA) is 8.29 Å². The first-order chi connectivity index (χ1) is 17.3. The Morgan fingerprint density at radius 3 is 2.39 bits per heavy atom. The summed E-state index contributed by atoms with van der Waals surface area (Å²) in [6.45, 7) is 1.81. The molecule has 6 aromatic rings. The van der Waals surface area contributed by atoms with E-state index in [4.69, 9.17) is 0 Å². The maximum atomic E-state index is 14.2. The van der Waals surface area contributed by atoms with E-state index in [2.05, 4.69) is 33.2 Å². The molecule has 1 saturated carbocycles. The van der Waals surface area contributed by atoms with Crippen LogP contribution in [0.25, 0.3) is 49.0 Å². The predicted molar refractivity (Wildman–Crippen MR) is 140 cm³/mol. The van der Waals surface area contributed by atoms with Crippen molar-refractivity contribution in [1.29, 1.82) is 0 Å². The van der Waals surface area contributed by atoms with Gasteiger partial charge in [-0.15, -0.1) is 0 Å². The second kappa shape index (κ2) is 7.58.